The Kier molecular flexibility index (Phi) is 2.19. The van der Waals surface area contributed by atoms with Crippen LogP contribution in [0.1, 0.15) is 0 Å². The molecule has 19 heavy (non-hydrogen) atoms. The predicted molar refractivity (Wildman–Crippen MR) is 68.7 cm³/mol. The van der Waals surface area contributed by atoms with Crippen molar-refractivity contribution in [3.8, 4) is 0 Å². The maximum Gasteiger partial charge on any atom is 0.332 e. The van der Waals surface area contributed by atoms with Gasteiger partial charge in [-0.25, -0.2) is 9.78 Å². The van der Waals surface area contributed by atoms with Crippen LogP contribution in [0.25, 0.3) is 22.2 Å². The maximum atomic E-state index is 12.3. The summed E-state index contributed by atoms with van der Waals surface area (Å²) in [6.07, 6.45) is 0. The number of para-hydroxylation sites is 2. The molecule has 3 aromatic rings. The van der Waals surface area contributed by atoms with Crippen molar-refractivity contribution in [2.75, 3.05) is 0 Å². The van der Waals surface area contributed by atoms with Crippen molar-refractivity contribution in [1.82, 2.24) is 14.1 Å². The second kappa shape index (κ2) is 3.64. The zero-order chi connectivity index (χ0) is 13.7. The maximum absolute atomic E-state index is 12.3. The first-order valence-corrected chi connectivity index (χ1v) is 5.60. The zero-order valence-electron chi connectivity index (χ0n) is 10.3. The van der Waals surface area contributed by atoms with E-state index in [-0.39, 0.29) is 11.2 Å². The van der Waals surface area contributed by atoms with E-state index in [2.05, 4.69) is 4.98 Å². The van der Waals surface area contributed by atoms with Gasteiger partial charge in [0.15, 0.2) is 0 Å². The molecular weight excluding hydrogens is 249 g/mol. The van der Waals surface area contributed by atoms with Gasteiger partial charge in [0.25, 0.3) is 0 Å². The molecule has 0 saturated carbocycles. The summed E-state index contributed by atoms with van der Waals surface area (Å²) in [7, 11) is 2.81. The minimum atomic E-state index is -0.647. The largest absolute Gasteiger partial charge is 0.618 e. The number of aryl methyl sites for hydroxylation is 1. The predicted octanol–water partition coefficient (Wildman–Crippen LogP) is -0.581. The highest BCUT2D eigenvalue weighted by atomic mass is 16.7. The van der Waals surface area contributed by atoms with E-state index in [4.69, 9.17) is 0 Å². The highest BCUT2D eigenvalue weighted by Gasteiger charge is 2.20. The smallest absolute Gasteiger partial charge is 0.332 e. The van der Waals surface area contributed by atoms with Crippen LogP contribution in [-0.2, 0) is 14.1 Å². The van der Waals surface area contributed by atoms with Gasteiger partial charge in [-0.3, -0.25) is 13.9 Å². The Morgan fingerprint density at radius 1 is 1.16 bits per heavy atom. The Bertz CT molecular complexity index is 939. The molecule has 0 atom stereocenters. The summed E-state index contributed by atoms with van der Waals surface area (Å²) in [5, 5.41) is 12.3. The van der Waals surface area contributed by atoms with Crippen molar-refractivity contribution in [2.45, 2.75) is 0 Å². The minimum absolute atomic E-state index is 0.0850. The molecule has 0 spiro atoms. The summed E-state index contributed by atoms with van der Waals surface area (Å²) < 4.78 is 2.62. The lowest BCUT2D eigenvalue weighted by atomic mass is 10.3. The van der Waals surface area contributed by atoms with Crippen molar-refractivity contribution in [3.05, 3.63) is 50.3 Å². The van der Waals surface area contributed by atoms with Crippen molar-refractivity contribution >= 4 is 22.2 Å². The van der Waals surface area contributed by atoms with E-state index in [1.807, 2.05) is 0 Å². The van der Waals surface area contributed by atoms with E-state index in [1.54, 1.807) is 24.3 Å². The average molecular weight is 259 g/mol. The lowest BCUT2D eigenvalue weighted by Crippen LogP contribution is -2.44. The van der Waals surface area contributed by atoms with E-state index in [9.17, 15) is 14.8 Å². The fraction of sp³-hybridized carbons (Fsp3) is 0.167. The first-order chi connectivity index (χ1) is 9.02. The topological polar surface area (TPSA) is 83.8 Å². The summed E-state index contributed by atoms with van der Waals surface area (Å²) >= 11 is 0. The molecule has 0 amide bonds. The molecule has 7 nitrogen and oxygen atoms in total. The Morgan fingerprint density at radius 3 is 2.58 bits per heavy atom. The molecule has 96 valence electrons. The van der Waals surface area contributed by atoms with Crippen molar-refractivity contribution in [1.29, 1.82) is 0 Å². The number of fused-ring (bicyclic) bond motifs is 2. The standard InChI is InChI=1S/C12H10N4O3/c1-14-10-9(11(17)15(2)12(14)18)16(19)8-6-4-3-5-7(8)13-10/h3-6H,1-2H3/i16+1. The number of rotatable bonds is 0. The third-order valence-corrected chi connectivity index (χ3v) is 3.14. The molecule has 1 aromatic carbocycles. The molecule has 0 aliphatic carbocycles. The van der Waals surface area contributed by atoms with Gasteiger partial charge in [-0.1, -0.05) is 12.1 Å². The number of hydrogen-bond donors (Lipinski definition) is 0. The Hall–Kier alpha value is -2.70. The molecule has 2 aromatic heterocycles. The van der Waals surface area contributed by atoms with Crippen LogP contribution in [-0.4, -0.2) is 14.1 Å². The van der Waals surface area contributed by atoms with Crippen LogP contribution in [0.4, 0.5) is 0 Å². The average Bonchev–Trinajstić information content (AvgIpc) is 2.43. The van der Waals surface area contributed by atoms with Crippen LogP contribution in [0.15, 0.2) is 33.9 Å². The monoisotopic (exact) mass is 259 g/mol. The summed E-state index contributed by atoms with van der Waals surface area (Å²) in [4.78, 5) is 28.1. The van der Waals surface area contributed by atoms with Crippen molar-refractivity contribution in [2.24, 2.45) is 14.1 Å². The first kappa shape index (κ1) is 11.4. The molecule has 2 heterocycles. The lowest BCUT2D eigenvalue weighted by molar-refractivity contribution is -0.549. The fourth-order valence-corrected chi connectivity index (χ4v) is 2.09. The summed E-state index contributed by atoms with van der Waals surface area (Å²) in [6, 6.07) is 6.67. The van der Waals surface area contributed by atoms with E-state index >= 15 is 0 Å². The number of benzene rings is 1. The van der Waals surface area contributed by atoms with E-state index in [0.29, 0.717) is 15.8 Å². The minimum Gasteiger partial charge on any atom is -0.618 e. The van der Waals surface area contributed by atoms with Crippen LogP contribution >= 0.6 is 0 Å². The summed E-state index contributed by atoms with van der Waals surface area (Å²) in [5.41, 5.74) is -0.476. The highest BCUT2D eigenvalue weighted by Crippen LogP contribution is 2.09. The fourth-order valence-electron chi connectivity index (χ4n) is 2.09. The van der Waals surface area contributed by atoms with Crippen LogP contribution in [0.3, 0.4) is 0 Å². The van der Waals surface area contributed by atoms with Crippen LogP contribution < -0.4 is 16.0 Å². The van der Waals surface area contributed by atoms with Crippen LogP contribution in [0.2, 0.25) is 0 Å². The molecule has 0 aliphatic heterocycles. The molecule has 7 heteroatoms. The van der Waals surface area contributed by atoms with E-state index in [0.717, 1.165) is 4.57 Å². The van der Waals surface area contributed by atoms with Gasteiger partial charge in [0.05, 0.1) is 0 Å². The Balaban J connectivity index is 2.75. The number of aromatic nitrogens is 4. The molecule has 3 rings (SSSR count). The van der Waals surface area contributed by atoms with Gasteiger partial charge >= 0.3 is 16.8 Å². The SMILES string of the molecule is Cn1c(=O)c2c(nc3ccccc3[15n+]2[O-])n(C)c1=O. The molecule has 0 bridgehead atoms. The van der Waals surface area contributed by atoms with Gasteiger partial charge < -0.3 is 5.21 Å². The van der Waals surface area contributed by atoms with Crippen LogP contribution in [0, 0.1) is 5.21 Å². The third kappa shape index (κ3) is 1.38. The van der Waals surface area contributed by atoms with Gasteiger partial charge in [0, 0.05) is 20.2 Å². The molecule has 0 saturated heterocycles. The Labute approximate surface area is 106 Å². The van der Waals surface area contributed by atoms with E-state index in [1.165, 1.54) is 18.7 Å². The van der Waals surface area contributed by atoms with Gasteiger partial charge in [0.2, 0.25) is 11.2 Å². The molecule has 0 N–H and O–H groups in total. The zero-order valence-corrected chi connectivity index (χ0v) is 10.3. The van der Waals surface area contributed by atoms with Gasteiger partial charge in [-0.05, 0) is 6.07 Å². The number of nitrogens with zero attached hydrogens (tertiary/aromatic N) is 4. The molecular formula is C12H10N4O3. The quantitative estimate of drug-likeness (QED) is 0.307. The lowest BCUT2D eigenvalue weighted by Gasteiger charge is -2.08. The highest BCUT2D eigenvalue weighted by molar-refractivity contribution is 5.78. The Morgan fingerprint density at radius 2 is 1.84 bits per heavy atom. The normalized spacial score (nSPS) is 11.3. The first-order valence-electron chi connectivity index (χ1n) is 5.60. The summed E-state index contributed by atoms with van der Waals surface area (Å²) in [5.74, 6) is 0. The van der Waals surface area contributed by atoms with Gasteiger partial charge in [0.1, 0.15) is 5.52 Å². The van der Waals surface area contributed by atoms with Crippen molar-refractivity contribution in [3.63, 3.8) is 0 Å². The van der Waals surface area contributed by atoms with Crippen molar-refractivity contribution < 1.29 is 4.73 Å². The third-order valence-electron chi connectivity index (χ3n) is 3.14. The molecule has 0 aliphatic rings. The molecule has 0 unspecified atom stereocenters. The van der Waals surface area contributed by atoms with Gasteiger partial charge in [-0.15, -0.1) is 0 Å². The van der Waals surface area contributed by atoms with Crippen LogP contribution in [0.5, 0.6) is 0 Å². The van der Waals surface area contributed by atoms with E-state index < -0.39 is 11.2 Å². The second-order valence-corrected chi connectivity index (χ2v) is 4.27. The summed E-state index contributed by atoms with van der Waals surface area (Å²) in [6.45, 7) is 0. The van der Waals surface area contributed by atoms with Gasteiger partial charge in [-0.2, -0.15) is 4.73 Å². The number of hydrogen-bond acceptors (Lipinski definition) is 4. The molecule has 0 fully saturated rings. The second-order valence-electron chi connectivity index (χ2n) is 4.27. The molecule has 0 radical (unpaired) electrons.